The lowest BCUT2D eigenvalue weighted by molar-refractivity contribution is 0.146. The van der Waals surface area contributed by atoms with E-state index >= 15 is 0 Å². The van der Waals surface area contributed by atoms with Crippen LogP contribution in [0.5, 0.6) is 0 Å². The summed E-state index contributed by atoms with van der Waals surface area (Å²) in [6.07, 6.45) is 3.53. The standard InChI is InChI=1S/C9H17N3O2/c1-3-12-5-4-10-8(12)11-9(2,6-13)7-14/h4-5,13-14H,3,6-7H2,1-2H3,(H,10,11). The number of hydrogen-bond donors (Lipinski definition) is 3. The molecule has 0 bridgehead atoms. The fraction of sp³-hybridized carbons (Fsp3) is 0.667. The summed E-state index contributed by atoms with van der Waals surface area (Å²) in [5.74, 6) is 0.665. The zero-order valence-electron chi connectivity index (χ0n) is 8.56. The molecule has 0 radical (unpaired) electrons. The van der Waals surface area contributed by atoms with Gasteiger partial charge in [-0.25, -0.2) is 4.98 Å². The molecule has 1 aromatic heterocycles. The Morgan fingerprint density at radius 3 is 2.64 bits per heavy atom. The Bertz CT molecular complexity index is 281. The van der Waals surface area contributed by atoms with Crippen LogP contribution in [-0.2, 0) is 6.54 Å². The maximum Gasteiger partial charge on any atom is 0.203 e. The Labute approximate surface area is 83.4 Å². The molecule has 1 rings (SSSR count). The first kappa shape index (κ1) is 11.0. The quantitative estimate of drug-likeness (QED) is 0.627. The molecule has 14 heavy (non-hydrogen) atoms. The lowest BCUT2D eigenvalue weighted by atomic mass is 10.1. The molecule has 0 spiro atoms. The van der Waals surface area contributed by atoms with E-state index in [9.17, 15) is 0 Å². The predicted molar refractivity (Wildman–Crippen MR) is 54.1 cm³/mol. The highest BCUT2D eigenvalue weighted by Gasteiger charge is 2.23. The number of imidazole rings is 1. The second-order valence-corrected chi connectivity index (χ2v) is 3.54. The first-order valence-electron chi connectivity index (χ1n) is 4.66. The van der Waals surface area contributed by atoms with Crippen LogP contribution in [0.25, 0.3) is 0 Å². The summed E-state index contributed by atoms with van der Waals surface area (Å²) in [5, 5.41) is 21.2. The largest absolute Gasteiger partial charge is 0.394 e. The van der Waals surface area contributed by atoms with Gasteiger partial charge in [0.15, 0.2) is 0 Å². The van der Waals surface area contributed by atoms with Crippen molar-refractivity contribution in [1.29, 1.82) is 0 Å². The van der Waals surface area contributed by atoms with Gasteiger partial charge in [-0.05, 0) is 13.8 Å². The van der Waals surface area contributed by atoms with Crippen molar-refractivity contribution in [2.45, 2.75) is 25.9 Å². The van der Waals surface area contributed by atoms with E-state index in [4.69, 9.17) is 10.2 Å². The van der Waals surface area contributed by atoms with Gasteiger partial charge in [-0.15, -0.1) is 0 Å². The molecule has 0 saturated carbocycles. The van der Waals surface area contributed by atoms with Crippen molar-refractivity contribution >= 4 is 5.95 Å². The number of aryl methyl sites for hydroxylation is 1. The first-order chi connectivity index (χ1) is 6.65. The van der Waals surface area contributed by atoms with Gasteiger partial charge in [0.05, 0.1) is 18.8 Å². The normalized spacial score (nSPS) is 11.7. The molecular weight excluding hydrogens is 182 g/mol. The average molecular weight is 199 g/mol. The van der Waals surface area contributed by atoms with Crippen LogP contribution in [0.2, 0.25) is 0 Å². The van der Waals surface area contributed by atoms with Crippen molar-refractivity contribution < 1.29 is 10.2 Å². The Morgan fingerprint density at radius 1 is 1.50 bits per heavy atom. The van der Waals surface area contributed by atoms with Gasteiger partial charge in [-0.3, -0.25) is 0 Å². The second kappa shape index (κ2) is 4.43. The summed E-state index contributed by atoms with van der Waals surface area (Å²) < 4.78 is 1.91. The Morgan fingerprint density at radius 2 is 2.14 bits per heavy atom. The van der Waals surface area contributed by atoms with E-state index in [1.165, 1.54) is 0 Å². The van der Waals surface area contributed by atoms with E-state index in [1.807, 2.05) is 17.7 Å². The SMILES string of the molecule is CCn1ccnc1NC(C)(CO)CO. The molecule has 0 fully saturated rings. The minimum Gasteiger partial charge on any atom is -0.394 e. The fourth-order valence-electron chi connectivity index (χ4n) is 1.09. The third kappa shape index (κ3) is 2.24. The van der Waals surface area contributed by atoms with Crippen LogP contribution in [0.4, 0.5) is 5.95 Å². The number of aromatic nitrogens is 2. The molecule has 0 aromatic carbocycles. The van der Waals surface area contributed by atoms with E-state index in [0.717, 1.165) is 6.54 Å². The summed E-state index contributed by atoms with van der Waals surface area (Å²) in [6.45, 7) is 4.26. The number of hydrogen-bond acceptors (Lipinski definition) is 4. The molecule has 0 saturated heterocycles. The van der Waals surface area contributed by atoms with Gasteiger partial charge >= 0.3 is 0 Å². The van der Waals surface area contributed by atoms with Crippen molar-refractivity contribution in [1.82, 2.24) is 9.55 Å². The van der Waals surface area contributed by atoms with Crippen molar-refractivity contribution in [3.63, 3.8) is 0 Å². The summed E-state index contributed by atoms with van der Waals surface area (Å²) >= 11 is 0. The predicted octanol–water partition coefficient (Wildman–Crippen LogP) is 0.0582. The molecule has 0 atom stereocenters. The topological polar surface area (TPSA) is 70.3 Å². The smallest absolute Gasteiger partial charge is 0.203 e. The highest BCUT2D eigenvalue weighted by molar-refractivity contribution is 5.30. The van der Waals surface area contributed by atoms with E-state index in [0.29, 0.717) is 5.95 Å². The van der Waals surface area contributed by atoms with E-state index in [-0.39, 0.29) is 13.2 Å². The molecule has 1 heterocycles. The van der Waals surface area contributed by atoms with Gasteiger partial charge in [0.25, 0.3) is 0 Å². The molecule has 1 aromatic rings. The van der Waals surface area contributed by atoms with E-state index < -0.39 is 5.54 Å². The zero-order chi connectivity index (χ0) is 10.6. The molecule has 0 aliphatic heterocycles. The Hall–Kier alpha value is -1.07. The van der Waals surface area contributed by atoms with Crippen molar-refractivity contribution in [2.75, 3.05) is 18.5 Å². The molecule has 3 N–H and O–H groups in total. The second-order valence-electron chi connectivity index (χ2n) is 3.54. The Balaban J connectivity index is 2.76. The van der Waals surface area contributed by atoms with Gasteiger partial charge in [0.2, 0.25) is 5.95 Å². The van der Waals surface area contributed by atoms with E-state index in [2.05, 4.69) is 10.3 Å². The molecule has 0 unspecified atom stereocenters. The van der Waals surface area contributed by atoms with Crippen molar-refractivity contribution in [3.8, 4) is 0 Å². The number of aliphatic hydroxyl groups excluding tert-OH is 2. The molecular formula is C9H17N3O2. The van der Waals surface area contributed by atoms with Crippen LogP contribution in [-0.4, -0.2) is 38.5 Å². The number of rotatable bonds is 5. The maximum absolute atomic E-state index is 9.09. The third-order valence-electron chi connectivity index (χ3n) is 2.17. The van der Waals surface area contributed by atoms with Gasteiger partial charge in [-0.2, -0.15) is 0 Å². The molecule has 5 heteroatoms. The van der Waals surface area contributed by atoms with E-state index in [1.54, 1.807) is 13.1 Å². The van der Waals surface area contributed by atoms with Gasteiger partial charge in [0.1, 0.15) is 0 Å². The fourth-order valence-corrected chi connectivity index (χ4v) is 1.09. The van der Waals surface area contributed by atoms with Crippen LogP contribution >= 0.6 is 0 Å². The molecule has 0 aliphatic rings. The third-order valence-corrected chi connectivity index (χ3v) is 2.17. The average Bonchev–Trinajstić information content (AvgIpc) is 2.65. The monoisotopic (exact) mass is 199 g/mol. The van der Waals surface area contributed by atoms with Crippen molar-refractivity contribution in [3.05, 3.63) is 12.4 Å². The highest BCUT2D eigenvalue weighted by Crippen LogP contribution is 2.12. The van der Waals surface area contributed by atoms with Crippen LogP contribution < -0.4 is 5.32 Å². The van der Waals surface area contributed by atoms with Crippen LogP contribution in [0.15, 0.2) is 12.4 Å². The lowest BCUT2D eigenvalue weighted by Gasteiger charge is -2.26. The van der Waals surface area contributed by atoms with Crippen LogP contribution in [0, 0.1) is 0 Å². The molecule has 0 amide bonds. The molecule has 5 nitrogen and oxygen atoms in total. The zero-order valence-corrected chi connectivity index (χ0v) is 8.56. The van der Waals surface area contributed by atoms with Gasteiger partial charge in [0, 0.05) is 18.9 Å². The number of nitrogens with zero attached hydrogens (tertiary/aromatic N) is 2. The number of nitrogens with one attached hydrogen (secondary N) is 1. The highest BCUT2D eigenvalue weighted by atomic mass is 16.3. The maximum atomic E-state index is 9.09. The Kier molecular flexibility index (Phi) is 3.49. The van der Waals surface area contributed by atoms with Crippen LogP contribution in [0.1, 0.15) is 13.8 Å². The van der Waals surface area contributed by atoms with Crippen molar-refractivity contribution in [2.24, 2.45) is 0 Å². The minimum absolute atomic E-state index is 0.139. The van der Waals surface area contributed by atoms with Crippen LogP contribution in [0.3, 0.4) is 0 Å². The molecule has 80 valence electrons. The molecule has 0 aliphatic carbocycles. The first-order valence-corrected chi connectivity index (χ1v) is 4.66. The number of anilines is 1. The minimum atomic E-state index is -0.724. The number of aliphatic hydroxyl groups is 2. The summed E-state index contributed by atoms with van der Waals surface area (Å²) in [4.78, 5) is 4.10. The summed E-state index contributed by atoms with van der Waals surface area (Å²) in [5.41, 5.74) is -0.724. The summed E-state index contributed by atoms with van der Waals surface area (Å²) in [7, 11) is 0. The van der Waals surface area contributed by atoms with Gasteiger partial charge in [-0.1, -0.05) is 0 Å². The summed E-state index contributed by atoms with van der Waals surface area (Å²) in [6, 6.07) is 0. The van der Waals surface area contributed by atoms with Gasteiger partial charge < -0.3 is 20.1 Å². The lowest BCUT2D eigenvalue weighted by Crippen LogP contribution is -2.43.